The molecule has 0 spiro atoms. The van der Waals surface area contributed by atoms with Gasteiger partial charge in [0.2, 0.25) is 5.91 Å². The van der Waals surface area contributed by atoms with E-state index in [0.717, 1.165) is 0 Å². The molecule has 8 heteroatoms. The van der Waals surface area contributed by atoms with Gasteiger partial charge in [-0.25, -0.2) is 14.0 Å². The Bertz CT molecular complexity index is 521. The maximum absolute atomic E-state index is 13.3. The molecule has 0 aliphatic heterocycles. The first-order valence-corrected chi connectivity index (χ1v) is 5.69. The highest BCUT2D eigenvalue weighted by Crippen LogP contribution is 2.05. The third-order valence-electron chi connectivity index (χ3n) is 2.41. The molecule has 1 aromatic carbocycles. The molecular weight excluding hydrogens is 269 g/mol. The largest absolute Gasteiger partial charge is 0.480 e. The second-order valence-electron chi connectivity index (χ2n) is 3.98. The predicted molar refractivity (Wildman–Crippen MR) is 67.0 cm³/mol. The molecule has 3 amide bonds. The van der Waals surface area contributed by atoms with Crippen molar-refractivity contribution < 1.29 is 23.9 Å². The van der Waals surface area contributed by atoms with Crippen molar-refractivity contribution in [3.63, 3.8) is 0 Å². The van der Waals surface area contributed by atoms with Crippen molar-refractivity contribution in [1.82, 2.24) is 10.6 Å². The summed E-state index contributed by atoms with van der Waals surface area (Å²) in [5, 5.41) is 13.1. The number of carboxylic acid groups (broad SMARTS) is 1. The lowest BCUT2D eigenvalue weighted by molar-refractivity contribution is -0.140. The van der Waals surface area contributed by atoms with Crippen LogP contribution >= 0.6 is 0 Å². The van der Waals surface area contributed by atoms with Crippen LogP contribution in [0, 0.1) is 5.82 Å². The van der Waals surface area contributed by atoms with Gasteiger partial charge in [0.25, 0.3) is 0 Å². The Morgan fingerprint density at radius 3 is 2.50 bits per heavy atom. The van der Waals surface area contributed by atoms with Gasteiger partial charge in [-0.3, -0.25) is 4.79 Å². The monoisotopic (exact) mass is 283 g/mol. The van der Waals surface area contributed by atoms with Gasteiger partial charge in [0.15, 0.2) is 0 Å². The fourth-order valence-electron chi connectivity index (χ4n) is 1.43. The molecule has 0 radical (unpaired) electrons. The van der Waals surface area contributed by atoms with E-state index in [0.29, 0.717) is 0 Å². The maximum atomic E-state index is 13.3. The minimum Gasteiger partial charge on any atom is -0.480 e. The minimum absolute atomic E-state index is 0.110. The van der Waals surface area contributed by atoms with Crippen LogP contribution in [0.5, 0.6) is 0 Å². The first-order chi connectivity index (χ1) is 9.40. The Morgan fingerprint density at radius 2 is 1.95 bits per heavy atom. The summed E-state index contributed by atoms with van der Waals surface area (Å²) in [6, 6.07) is 3.57. The molecule has 0 saturated carbocycles. The van der Waals surface area contributed by atoms with E-state index in [-0.39, 0.29) is 12.1 Å². The highest BCUT2D eigenvalue weighted by molar-refractivity contribution is 5.87. The van der Waals surface area contributed by atoms with Crippen LogP contribution in [0.1, 0.15) is 12.0 Å². The Morgan fingerprint density at radius 1 is 1.30 bits per heavy atom. The van der Waals surface area contributed by atoms with Gasteiger partial charge in [-0.1, -0.05) is 18.2 Å². The molecule has 1 aromatic rings. The van der Waals surface area contributed by atoms with Crippen molar-refractivity contribution >= 4 is 17.9 Å². The van der Waals surface area contributed by atoms with Gasteiger partial charge in [-0.15, -0.1) is 0 Å². The van der Waals surface area contributed by atoms with E-state index in [1.165, 1.54) is 18.2 Å². The summed E-state index contributed by atoms with van der Waals surface area (Å²) in [5.41, 5.74) is 5.12. The van der Waals surface area contributed by atoms with Crippen LogP contribution in [0.25, 0.3) is 0 Å². The van der Waals surface area contributed by atoms with Gasteiger partial charge in [0.1, 0.15) is 11.9 Å². The lowest BCUT2D eigenvalue weighted by atomic mass is 10.2. The van der Waals surface area contributed by atoms with Crippen LogP contribution in [0.15, 0.2) is 24.3 Å². The lowest BCUT2D eigenvalue weighted by Crippen LogP contribution is -2.47. The summed E-state index contributed by atoms with van der Waals surface area (Å²) >= 11 is 0. The molecule has 0 bridgehead atoms. The van der Waals surface area contributed by atoms with E-state index in [1.807, 2.05) is 0 Å². The van der Waals surface area contributed by atoms with Crippen molar-refractivity contribution in [2.45, 2.75) is 19.0 Å². The number of nitrogens with one attached hydrogen (secondary N) is 2. The van der Waals surface area contributed by atoms with Crippen molar-refractivity contribution in [3.05, 3.63) is 35.6 Å². The van der Waals surface area contributed by atoms with Crippen molar-refractivity contribution in [1.29, 1.82) is 0 Å². The molecule has 0 saturated heterocycles. The molecular formula is C12H14FN3O4. The molecule has 0 fully saturated rings. The Balaban J connectivity index is 2.52. The second-order valence-corrected chi connectivity index (χ2v) is 3.98. The van der Waals surface area contributed by atoms with Crippen molar-refractivity contribution in [3.8, 4) is 0 Å². The van der Waals surface area contributed by atoms with Gasteiger partial charge in [-0.2, -0.15) is 0 Å². The SMILES string of the molecule is NC(=O)C[C@H](NC(=O)NCc1ccccc1F)C(=O)O. The molecule has 0 aromatic heterocycles. The van der Waals surface area contributed by atoms with E-state index in [2.05, 4.69) is 10.6 Å². The van der Waals surface area contributed by atoms with E-state index in [1.54, 1.807) is 6.07 Å². The second kappa shape index (κ2) is 7.07. The van der Waals surface area contributed by atoms with Gasteiger partial charge >= 0.3 is 12.0 Å². The van der Waals surface area contributed by atoms with Crippen LogP contribution < -0.4 is 16.4 Å². The fourth-order valence-corrected chi connectivity index (χ4v) is 1.43. The van der Waals surface area contributed by atoms with E-state index in [4.69, 9.17) is 10.8 Å². The molecule has 0 aliphatic carbocycles. The molecule has 5 N–H and O–H groups in total. The molecule has 0 unspecified atom stereocenters. The fraction of sp³-hybridized carbons (Fsp3) is 0.250. The number of carbonyl (C=O) groups is 3. The smallest absolute Gasteiger partial charge is 0.326 e. The zero-order valence-corrected chi connectivity index (χ0v) is 10.4. The zero-order valence-electron chi connectivity index (χ0n) is 10.4. The summed E-state index contributed by atoms with van der Waals surface area (Å²) in [7, 11) is 0. The molecule has 1 atom stereocenters. The summed E-state index contributed by atoms with van der Waals surface area (Å²) < 4.78 is 13.3. The molecule has 0 aliphatic rings. The van der Waals surface area contributed by atoms with E-state index in [9.17, 15) is 18.8 Å². The van der Waals surface area contributed by atoms with Crippen LogP contribution in [0.4, 0.5) is 9.18 Å². The van der Waals surface area contributed by atoms with Crippen molar-refractivity contribution in [2.75, 3.05) is 0 Å². The number of halogens is 1. The van der Waals surface area contributed by atoms with E-state index < -0.39 is 36.2 Å². The zero-order chi connectivity index (χ0) is 15.1. The third kappa shape index (κ3) is 4.92. The average molecular weight is 283 g/mol. The molecule has 20 heavy (non-hydrogen) atoms. The van der Waals surface area contributed by atoms with Gasteiger partial charge < -0.3 is 21.5 Å². The van der Waals surface area contributed by atoms with Crippen molar-refractivity contribution in [2.24, 2.45) is 5.73 Å². The number of amides is 3. The molecule has 7 nitrogen and oxygen atoms in total. The topological polar surface area (TPSA) is 122 Å². The number of rotatable bonds is 6. The molecule has 108 valence electrons. The number of primary amides is 1. The van der Waals surface area contributed by atoms with E-state index >= 15 is 0 Å². The highest BCUT2D eigenvalue weighted by atomic mass is 19.1. The lowest BCUT2D eigenvalue weighted by Gasteiger charge is -2.13. The highest BCUT2D eigenvalue weighted by Gasteiger charge is 2.21. The Hall–Kier alpha value is -2.64. The summed E-state index contributed by atoms with van der Waals surface area (Å²) in [6.07, 6.45) is -0.525. The van der Waals surface area contributed by atoms with Gasteiger partial charge in [-0.05, 0) is 6.07 Å². The molecule has 0 heterocycles. The third-order valence-corrected chi connectivity index (χ3v) is 2.41. The number of carboxylic acids is 1. The number of aliphatic carboxylic acids is 1. The maximum Gasteiger partial charge on any atom is 0.326 e. The van der Waals surface area contributed by atoms with Crippen LogP contribution in [0.2, 0.25) is 0 Å². The quantitative estimate of drug-likeness (QED) is 0.585. The van der Waals surface area contributed by atoms with Crippen LogP contribution in [-0.4, -0.2) is 29.1 Å². The average Bonchev–Trinajstić information content (AvgIpc) is 2.36. The first-order valence-electron chi connectivity index (χ1n) is 5.69. The Labute approximate surface area is 114 Å². The number of nitrogens with two attached hydrogens (primary N) is 1. The van der Waals surface area contributed by atoms with Gasteiger partial charge in [0, 0.05) is 12.1 Å². The summed E-state index contributed by atoms with van der Waals surface area (Å²) in [5.74, 6) is -2.73. The number of urea groups is 1. The first kappa shape index (κ1) is 15.4. The number of hydrogen-bond acceptors (Lipinski definition) is 3. The van der Waals surface area contributed by atoms with Crippen LogP contribution in [0.3, 0.4) is 0 Å². The number of carbonyl (C=O) groups excluding carboxylic acids is 2. The summed E-state index contributed by atoms with van der Waals surface area (Å²) in [4.78, 5) is 32.9. The predicted octanol–water partition coefficient (Wildman–Crippen LogP) is -0.0465. The summed E-state index contributed by atoms with van der Waals surface area (Å²) in [6.45, 7) is -0.110. The standard InChI is InChI=1S/C12H14FN3O4/c13-8-4-2-1-3-7(8)6-15-12(20)16-9(11(18)19)5-10(14)17/h1-4,9H,5-6H2,(H2,14,17)(H,18,19)(H2,15,16,20)/t9-/m0/s1. The Kier molecular flexibility index (Phi) is 5.45. The minimum atomic E-state index is -1.42. The van der Waals surface area contributed by atoms with Gasteiger partial charge in [0.05, 0.1) is 6.42 Å². The number of benzene rings is 1. The number of hydrogen-bond donors (Lipinski definition) is 4. The molecule has 1 rings (SSSR count). The normalized spacial score (nSPS) is 11.4. The van der Waals surface area contributed by atoms with Crippen LogP contribution in [-0.2, 0) is 16.1 Å².